The first kappa shape index (κ1) is 29.7. The highest BCUT2D eigenvalue weighted by atomic mass is 31.2. The number of hydrogen-bond acceptors (Lipinski definition) is 11. The average molecular weight is 664 g/mol. The Morgan fingerprint density at radius 3 is 2.43 bits per heavy atom. The van der Waals surface area contributed by atoms with Gasteiger partial charge < -0.3 is 41.5 Å². The third kappa shape index (κ3) is 9.91. The predicted octanol–water partition coefficient (Wildman–Crippen LogP) is 6.15. The van der Waals surface area contributed by atoms with Crippen LogP contribution in [0, 0.1) is 0 Å². The van der Waals surface area contributed by atoms with Crippen molar-refractivity contribution in [3.63, 3.8) is 0 Å². The van der Waals surface area contributed by atoms with Gasteiger partial charge in [0.15, 0.2) is 8.32 Å². The van der Waals surface area contributed by atoms with E-state index in [9.17, 15) is 9.13 Å². The van der Waals surface area contributed by atoms with Gasteiger partial charge in [0.25, 0.3) is 0 Å². The van der Waals surface area contributed by atoms with Crippen molar-refractivity contribution in [1.82, 2.24) is 0 Å². The molecule has 11 nitrogen and oxygen atoms in total. The Kier molecular flexibility index (Phi) is 10.8. The topological polar surface area (TPSA) is 117 Å². The third-order valence-corrected chi connectivity index (χ3v) is 17.0. The van der Waals surface area contributed by atoms with Crippen LogP contribution in [0.15, 0.2) is 0 Å². The van der Waals surface area contributed by atoms with Crippen LogP contribution in [-0.4, -0.2) is 103 Å². The highest BCUT2D eigenvalue weighted by molar-refractivity contribution is 7.54. The normalized spacial score (nSPS) is 46.5. The van der Waals surface area contributed by atoms with Crippen LogP contribution in [0.1, 0.15) is 71.7 Å². The maximum atomic E-state index is 14.3. The molecular formula is C28H54O11P2Si. The lowest BCUT2D eigenvalue weighted by Crippen LogP contribution is -2.46. The average Bonchev–Trinajstić information content (AvgIpc) is 3.61. The van der Waals surface area contributed by atoms with Crippen molar-refractivity contribution in [1.29, 1.82) is 0 Å². The minimum absolute atomic E-state index is 0.0416. The molecule has 0 amide bonds. The Morgan fingerprint density at radius 1 is 0.929 bits per heavy atom. The van der Waals surface area contributed by atoms with Gasteiger partial charge in [0.1, 0.15) is 12.2 Å². The molecule has 0 spiro atoms. The number of hydrogen-bond donors (Lipinski definition) is 0. The molecule has 4 aliphatic rings. The van der Waals surface area contributed by atoms with Crippen molar-refractivity contribution >= 4 is 23.5 Å². The molecule has 0 aromatic rings. The summed E-state index contributed by atoms with van der Waals surface area (Å²) in [7, 11) is -9.72. The molecule has 0 aliphatic carbocycles. The fraction of sp³-hybridized carbons (Fsp3) is 1.00. The monoisotopic (exact) mass is 663 g/mol. The van der Waals surface area contributed by atoms with E-state index < -0.39 is 73.8 Å². The van der Waals surface area contributed by atoms with Crippen LogP contribution in [0.3, 0.4) is 0 Å². The summed E-state index contributed by atoms with van der Waals surface area (Å²) in [6.07, 6.45) is -1.75. The Balaban J connectivity index is 1.46. The second kappa shape index (κ2) is 15.3. The zero-order valence-electron chi connectivity index (χ0n) is 29.8. The van der Waals surface area contributed by atoms with Gasteiger partial charge in [-0.2, -0.15) is 0 Å². The Labute approximate surface area is 259 Å². The molecule has 0 bridgehead atoms. The van der Waals surface area contributed by atoms with E-state index in [2.05, 4.69) is 33.9 Å². The van der Waals surface area contributed by atoms with Crippen LogP contribution in [0.4, 0.5) is 0 Å². The van der Waals surface area contributed by atoms with Gasteiger partial charge in [-0.25, -0.2) is 0 Å². The number of rotatable bonds is 7. The van der Waals surface area contributed by atoms with Crippen LogP contribution >= 0.6 is 15.2 Å². The van der Waals surface area contributed by atoms with Crippen molar-refractivity contribution in [3.05, 3.63) is 0 Å². The van der Waals surface area contributed by atoms with Gasteiger partial charge in [0, 0.05) is 47.2 Å². The van der Waals surface area contributed by atoms with E-state index in [1.165, 1.54) is 0 Å². The fourth-order valence-corrected chi connectivity index (χ4v) is 9.88. The van der Waals surface area contributed by atoms with Crippen molar-refractivity contribution in [3.8, 4) is 0 Å². The van der Waals surface area contributed by atoms with Crippen LogP contribution < -0.4 is 0 Å². The van der Waals surface area contributed by atoms with Crippen molar-refractivity contribution < 1.29 is 56.1 Å². The summed E-state index contributed by atoms with van der Waals surface area (Å²) in [5.74, 6) is 0. The quantitative estimate of drug-likeness (QED) is 0.231. The lowest BCUT2D eigenvalue weighted by molar-refractivity contribution is -0.00806. The Bertz CT molecular complexity index is 1070. The summed E-state index contributed by atoms with van der Waals surface area (Å²) in [5, 5.41) is -0.0416. The zero-order chi connectivity index (χ0) is 33.8. The minimum Gasteiger partial charge on any atom is -0.411 e. The largest absolute Gasteiger partial charge is 0.411 e. The van der Waals surface area contributed by atoms with Crippen molar-refractivity contribution in [2.75, 3.05) is 58.5 Å². The first-order valence-corrected chi connectivity index (χ1v) is 21.5. The lowest BCUT2D eigenvalue weighted by Gasteiger charge is -2.39. The van der Waals surface area contributed by atoms with Crippen LogP contribution in [0.2, 0.25) is 18.1 Å². The van der Waals surface area contributed by atoms with E-state index in [4.69, 9.17) is 47.0 Å². The van der Waals surface area contributed by atoms with Gasteiger partial charge in [-0.3, -0.25) is 9.13 Å². The molecule has 4 saturated heterocycles. The van der Waals surface area contributed by atoms with Crippen LogP contribution in [0.25, 0.3) is 0 Å². The highest BCUT2D eigenvalue weighted by Gasteiger charge is 2.44. The van der Waals surface area contributed by atoms with Crippen LogP contribution in [-0.2, 0) is 50.6 Å². The molecular weight excluding hydrogens is 602 g/mol. The standard InChI is InChI=1S/C28H54O11P2Si/c1-22-23(10-15-32-22)37-41(30)19-9-14-31-13-7-8-18-40(29,38-24-11-16-33-26(24)20-35-41)36-21-27-25(12-17-34-27)39-42(5,6)28(2,3)4/h22-27H,7-21H2,1-6H3/t22-,23+,24+,25+,26-,27-,40-,41+/m1/s1/i1D,15T,16T,17T/t15-,16-,17-,22+,23-,24-,25-,26+,27+,40+,41-/m0. The molecule has 4 heterocycles. The molecule has 4 rings (SSSR count). The van der Waals surface area contributed by atoms with E-state index in [-0.39, 0.29) is 56.4 Å². The Morgan fingerprint density at radius 2 is 1.64 bits per heavy atom. The highest BCUT2D eigenvalue weighted by Crippen LogP contribution is 2.54. The molecule has 0 unspecified atom stereocenters. The first-order chi connectivity index (χ1) is 21.5. The summed E-state index contributed by atoms with van der Waals surface area (Å²) in [5.41, 5.74) is 0. The predicted molar refractivity (Wildman–Crippen MR) is 162 cm³/mol. The molecule has 0 radical (unpaired) electrons. The molecule has 246 valence electrons. The van der Waals surface area contributed by atoms with Crippen molar-refractivity contribution in [2.45, 2.75) is 121 Å². The molecule has 14 heteroatoms. The maximum Gasteiger partial charge on any atom is 0.331 e. The van der Waals surface area contributed by atoms with E-state index in [1.807, 2.05) is 0 Å². The van der Waals surface area contributed by atoms with Gasteiger partial charge >= 0.3 is 15.2 Å². The molecule has 4 aliphatic heterocycles. The van der Waals surface area contributed by atoms with E-state index in [0.717, 1.165) is 0 Å². The summed E-state index contributed by atoms with van der Waals surface area (Å²) in [6.45, 7) is 8.33. The second-order valence-electron chi connectivity index (χ2n) is 12.9. The minimum atomic E-state index is -3.77. The van der Waals surface area contributed by atoms with Gasteiger partial charge in [0.2, 0.25) is 0 Å². The van der Waals surface area contributed by atoms with Crippen LogP contribution in [0.5, 0.6) is 0 Å². The molecule has 0 aromatic heterocycles. The van der Waals surface area contributed by atoms with E-state index >= 15 is 0 Å². The second-order valence-corrected chi connectivity index (χ2v) is 21.9. The lowest BCUT2D eigenvalue weighted by atomic mass is 10.2. The molecule has 0 N–H and O–H groups in total. The van der Waals surface area contributed by atoms with Gasteiger partial charge in [0.05, 0.1) is 54.1 Å². The van der Waals surface area contributed by atoms with Gasteiger partial charge in [-0.15, -0.1) is 0 Å². The maximum absolute atomic E-state index is 14.3. The molecule has 42 heavy (non-hydrogen) atoms. The number of ether oxygens (including phenoxy) is 4. The van der Waals surface area contributed by atoms with E-state index in [1.54, 1.807) is 0 Å². The third-order valence-electron chi connectivity index (χ3n) is 8.45. The SMILES string of the molecule is [2H]C[C@H]1O[C@@H]([3H])C[C@@H]1O[P@]1(=O)CCCOCCCC[P@@](=O)(OC[C@H]2O[C@@H]([3H])C[C@@H]2O[Si](C)(C)C(C)(C)C)O[C@H]2C[C@H]([3H])O[C@@H]2CO1. The summed E-state index contributed by atoms with van der Waals surface area (Å²) in [4.78, 5) is 0. The summed E-state index contributed by atoms with van der Waals surface area (Å²) < 4.78 is 114. The Hall–Kier alpha value is 0.317. The zero-order valence-corrected chi connectivity index (χ0v) is 28.6. The molecule has 0 saturated carbocycles. The van der Waals surface area contributed by atoms with Crippen molar-refractivity contribution in [2.24, 2.45) is 0 Å². The molecule has 0 aromatic carbocycles. The molecule has 11 atom stereocenters. The molecule has 4 fully saturated rings. The smallest absolute Gasteiger partial charge is 0.331 e. The fourth-order valence-electron chi connectivity index (χ4n) is 4.79. The van der Waals surface area contributed by atoms with Gasteiger partial charge in [-0.1, -0.05) is 20.8 Å². The number of fused-ring (bicyclic) bond motifs is 1. The first-order valence-electron chi connectivity index (χ1n) is 17.6. The summed E-state index contributed by atoms with van der Waals surface area (Å²) >= 11 is 0. The van der Waals surface area contributed by atoms with Gasteiger partial charge in [-0.05, 0) is 50.7 Å². The summed E-state index contributed by atoms with van der Waals surface area (Å²) in [6, 6.07) is 0. The van der Waals surface area contributed by atoms with E-state index in [0.29, 0.717) is 38.9 Å².